The van der Waals surface area contributed by atoms with Crippen LogP contribution < -0.4 is 15.0 Å². The first-order chi connectivity index (χ1) is 20.9. The Morgan fingerprint density at radius 1 is 1.02 bits per heavy atom. The maximum atomic E-state index is 14.2. The number of alkyl halides is 2. The molecule has 0 amide bonds. The molecule has 3 heterocycles. The minimum atomic E-state index is -2.78. The number of hydrogen-bond donors (Lipinski definition) is 1. The third-order valence-electron chi connectivity index (χ3n) is 9.13. The average Bonchev–Trinajstić information content (AvgIpc) is 3.43. The molecule has 43 heavy (non-hydrogen) atoms. The number of rotatable bonds is 10. The molecule has 3 fully saturated rings. The molecule has 2 aromatic heterocycles. The number of ether oxygens (including phenoxy) is 2. The number of para-hydroxylation sites is 2. The molecule has 3 aliphatic rings. The lowest BCUT2D eigenvalue weighted by Gasteiger charge is -2.31. The van der Waals surface area contributed by atoms with E-state index >= 15 is 0 Å². The average molecular weight is 597 g/mol. The molecule has 1 aliphatic heterocycles. The van der Waals surface area contributed by atoms with E-state index in [1.54, 1.807) is 30.3 Å². The van der Waals surface area contributed by atoms with Crippen molar-refractivity contribution in [3.63, 3.8) is 0 Å². The number of benzene rings is 1. The topological polar surface area (TPSA) is 94.4 Å². The highest BCUT2D eigenvalue weighted by Gasteiger charge is 2.29. The van der Waals surface area contributed by atoms with E-state index in [0.29, 0.717) is 79.1 Å². The van der Waals surface area contributed by atoms with Gasteiger partial charge in [0, 0.05) is 31.6 Å². The zero-order chi connectivity index (χ0) is 29.8. The number of halogens is 2. The van der Waals surface area contributed by atoms with Gasteiger partial charge in [-0.25, -0.2) is 13.8 Å². The van der Waals surface area contributed by atoms with E-state index in [9.17, 15) is 13.6 Å². The van der Waals surface area contributed by atoms with E-state index in [2.05, 4.69) is 10.3 Å². The van der Waals surface area contributed by atoms with Gasteiger partial charge in [-0.05, 0) is 63.5 Å². The number of nitrogens with zero attached hydrogens (tertiary/aromatic N) is 5. The Kier molecular flexibility index (Phi) is 9.47. The number of Topliss-reactive ketones (excluding diaryl/α,β-unsaturated/α-hetero) is 1. The summed E-state index contributed by atoms with van der Waals surface area (Å²) < 4.78 is 41.6. The van der Waals surface area contributed by atoms with Crippen molar-refractivity contribution in [1.82, 2.24) is 24.8 Å². The van der Waals surface area contributed by atoms with Crippen LogP contribution in [0.3, 0.4) is 0 Å². The third kappa shape index (κ3) is 7.15. The van der Waals surface area contributed by atoms with E-state index in [0.717, 1.165) is 25.7 Å². The Hall–Kier alpha value is -3.18. The first-order valence-corrected chi connectivity index (χ1v) is 15.9. The molecule has 1 atom stereocenters. The van der Waals surface area contributed by atoms with Gasteiger partial charge in [-0.15, -0.1) is 0 Å². The molecule has 232 valence electrons. The minimum Gasteiger partial charge on any atom is -0.474 e. The van der Waals surface area contributed by atoms with Crippen LogP contribution in [0.25, 0.3) is 16.9 Å². The summed E-state index contributed by atoms with van der Waals surface area (Å²) in [6.07, 6.45) is 7.30. The number of carbonyl (C=O) groups excluding carboxylic acids is 1. The van der Waals surface area contributed by atoms with Crippen molar-refractivity contribution in [1.29, 1.82) is 0 Å². The molecule has 1 N–H and O–H groups in total. The summed E-state index contributed by atoms with van der Waals surface area (Å²) in [6, 6.07) is 9.06. The van der Waals surface area contributed by atoms with Gasteiger partial charge in [0.25, 0.3) is 6.43 Å². The largest absolute Gasteiger partial charge is 0.474 e. The predicted molar refractivity (Wildman–Crippen MR) is 160 cm³/mol. The molecule has 1 aromatic carbocycles. The van der Waals surface area contributed by atoms with Crippen molar-refractivity contribution in [3.8, 4) is 11.7 Å². The van der Waals surface area contributed by atoms with Crippen LogP contribution in [0.5, 0.6) is 5.88 Å². The fraction of sp³-hybridized carbons (Fsp3) is 0.625. The zero-order valence-corrected chi connectivity index (χ0v) is 24.9. The van der Waals surface area contributed by atoms with E-state index in [4.69, 9.17) is 19.4 Å². The lowest BCUT2D eigenvalue weighted by Crippen LogP contribution is -2.43. The second kappa shape index (κ2) is 13.6. The van der Waals surface area contributed by atoms with Crippen molar-refractivity contribution in [2.75, 3.05) is 31.2 Å². The van der Waals surface area contributed by atoms with Crippen molar-refractivity contribution >= 4 is 22.8 Å². The lowest BCUT2D eigenvalue weighted by molar-refractivity contribution is -0.122. The van der Waals surface area contributed by atoms with Crippen LogP contribution >= 0.6 is 0 Å². The number of aromatic nitrogens is 4. The number of carbonyl (C=O) groups is 1. The molecule has 0 radical (unpaired) electrons. The highest BCUT2D eigenvalue weighted by Crippen LogP contribution is 2.33. The smallest absolute Gasteiger partial charge is 0.296 e. The summed E-state index contributed by atoms with van der Waals surface area (Å²) in [5.74, 6) is 1.36. The highest BCUT2D eigenvalue weighted by atomic mass is 19.3. The minimum absolute atomic E-state index is 0.0708. The van der Waals surface area contributed by atoms with Crippen LogP contribution in [0.15, 0.2) is 30.3 Å². The molecule has 9 nitrogen and oxygen atoms in total. The molecule has 0 unspecified atom stereocenters. The van der Waals surface area contributed by atoms with E-state index in [-0.39, 0.29) is 18.0 Å². The standard InChI is InChI=1S/C32H42F2N6O3/c1-21(35-23-7-3-2-4-8-23)27(41)19-22-11-13-24(14-12-22)43-29-20-28(37-32(38-29)39-15-17-42-18-16-39)40-26-10-6-5-9-25(26)36-31(40)30(33)34/h5-6,9-10,20-24,30,35H,2-4,7-8,11-19H2,1H3/t21-,22?,24?/m0/s1. The summed E-state index contributed by atoms with van der Waals surface area (Å²) in [5, 5.41) is 3.57. The zero-order valence-electron chi connectivity index (χ0n) is 24.9. The van der Waals surface area contributed by atoms with Crippen molar-refractivity contribution in [2.45, 2.75) is 95.7 Å². The van der Waals surface area contributed by atoms with Crippen molar-refractivity contribution in [3.05, 3.63) is 36.2 Å². The van der Waals surface area contributed by atoms with Crippen LogP contribution in [0, 0.1) is 5.92 Å². The van der Waals surface area contributed by atoms with Gasteiger partial charge < -0.3 is 19.7 Å². The summed E-state index contributed by atoms with van der Waals surface area (Å²) in [7, 11) is 0. The molecular formula is C32H42F2N6O3. The van der Waals surface area contributed by atoms with E-state index in [1.807, 2.05) is 11.8 Å². The van der Waals surface area contributed by atoms with Gasteiger partial charge in [-0.1, -0.05) is 31.4 Å². The number of anilines is 1. The highest BCUT2D eigenvalue weighted by molar-refractivity contribution is 5.83. The molecule has 2 aliphatic carbocycles. The van der Waals surface area contributed by atoms with Crippen molar-refractivity contribution < 1.29 is 23.0 Å². The fourth-order valence-corrected chi connectivity index (χ4v) is 6.71. The van der Waals surface area contributed by atoms with Gasteiger partial charge in [-0.2, -0.15) is 9.97 Å². The number of nitrogens with one attached hydrogen (secondary N) is 1. The van der Waals surface area contributed by atoms with Crippen LogP contribution in [0.2, 0.25) is 0 Å². The Labute approximate surface area is 251 Å². The second-order valence-electron chi connectivity index (χ2n) is 12.2. The monoisotopic (exact) mass is 596 g/mol. The van der Waals surface area contributed by atoms with E-state index in [1.165, 1.54) is 36.7 Å². The molecule has 0 spiro atoms. The van der Waals surface area contributed by atoms with E-state index < -0.39 is 6.43 Å². The third-order valence-corrected chi connectivity index (χ3v) is 9.13. The Morgan fingerprint density at radius 3 is 2.51 bits per heavy atom. The maximum absolute atomic E-state index is 14.2. The lowest BCUT2D eigenvalue weighted by atomic mass is 9.83. The first-order valence-electron chi connectivity index (χ1n) is 15.9. The van der Waals surface area contributed by atoms with Crippen LogP contribution in [0.4, 0.5) is 14.7 Å². The number of hydrogen-bond acceptors (Lipinski definition) is 8. The summed E-state index contributed by atoms with van der Waals surface area (Å²) >= 11 is 0. The Balaban J connectivity index is 1.15. The maximum Gasteiger partial charge on any atom is 0.296 e. The normalized spacial score (nSPS) is 22.7. The predicted octanol–water partition coefficient (Wildman–Crippen LogP) is 5.80. The number of ketones is 1. The number of imidazole rings is 1. The van der Waals surface area contributed by atoms with Gasteiger partial charge in [0.1, 0.15) is 17.7 Å². The van der Waals surface area contributed by atoms with Gasteiger partial charge in [-0.3, -0.25) is 9.36 Å². The van der Waals surface area contributed by atoms with Gasteiger partial charge in [0.15, 0.2) is 5.82 Å². The molecule has 11 heteroatoms. The Morgan fingerprint density at radius 2 is 1.77 bits per heavy atom. The van der Waals surface area contributed by atoms with Gasteiger partial charge >= 0.3 is 0 Å². The van der Waals surface area contributed by atoms with Crippen LogP contribution in [-0.2, 0) is 9.53 Å². The fourth-order valence-electron chi connectivity index (χ4n) is 6.71. The van der Waals surface area contributed by atoms with Crippen LogP contribution in [-0.4, -0.2) is 69.8 Å². The molecule has 2 saturated carbocycles. The quantitative estimate of drug-likeness (QED) is 0.314. The SMILES string of the molecule is C[C@H](NC1CCCCC1)C(=O)CC1CCC(Oc2cc(-n3c(C(F)F)nc4ccccc43)nc(N3CCOCC3)n2)CC1. The number of fused-ring (bicyclic) bond motifs is 1. The summed E-state index contributed by atoms with van der Waals surface area (Å²) in [6.45, 7) is 4.29. The summed E-state index contributed by atoms with van der Waals surface area (Å²) in [4.78, 5) is 28.6. The molecule has 3 aromatic rings. The van der Waals surface area contributed by atoms with Crippen LogP contribution in [0.1, 0.15) is 83.4 Å². The summed E-state index contributed by atoms with van der Waals surface area (Å²) in [5.41, 5.74) is 1.02. The second-order valence-corrected chi connectivity index (χ2v) is 12.2. The molecule has 0 bridgehead atoms. The molecular weight excluding hydrogens is 554 g/mol. The molecule has 6 rings (SSSR count). The van der Waals surface area contributed by atoms with Crippen molar-refractivity contribution in [2.24, 2.45) is 5.92 Å². The van der Waals surface area contributed by atoms with Gasteiger partial charge in [0.2, 0.25) is 11.8 Å². The first kappa shape index (κ1) is 29.9. The molecule has 1 saturated heterocycles. The van der Waals surface area contributed by atoms with Gasteiger partial charge in [0.05, 0.1) is 30.3 Å². The number of morpholine rings is 1. The Bertz CT molecular complexity index is 1380.